The summed E-state index contributed by atoms with van der Waals surface area (Å²) < 4.78 is 3.09. The van der Waals surface area contributed by atoms with Crippen molar-refractivity contribution in [3.8, 4) is 0 Å². The zero-order valence-corrected chi connectivity index (χ0v) is 20.8. The highest BCUT2D eigenvalue weighted by Gasteiger charge is 2.08. The lowest BCUT2D eigenvalue weighted by molar-refractivity contribution is 0.784. The fraction of sp³-hybridized carbons (Fsp3) is 0.185. The Hall–Kier alpha value is -4.86. The summed E-state index contributed by atoms with van der Waals surface area (Å²) in [5, 5.41) is 8.72. The van der Waals surface area contributed by atoms with Crippen LogP contribution in [0.25, 0.3) is 11.0 Å². The normalized spacial score (nSPS) is 11.0. The number of imidazole rings is 2. The molecule has 37 heavy (non-hydrogen) atoms. The van der Waals surface area contributed by atoms with Crippen LogP contribution in [0.5, 0.6) is 0 Å². The zero-order valence-electron chi connectivity index (χ0n) is 20.8. The van der Waals surface area contributed by atoms with Gasteiger partial charge in [-0.1, -0.05) is 59.7 Å². The highest BCUT2D eigenvalue weighted by molar-refractivity contribution is 5.42. The van der Waals surface area contributed by atoms with Gasteiger partial charge >= 0.3 is 0 Å². The highest BCUT2D eigenvalue weighted by atomic mass is 16.1. The molecule has 0 fully saturated rings. The summed E-state index contributed by atoms with van der Waals surface area (Å²) in [6.07, 6.45) is 5.77. The standard InChI is InChI=1S/C14H14N4O.C13H12N4O/c1-9-3-5-11(6-4-9)7-13-16-14(19)12-8-15-10(2)18(12)17-13;1-9-2-4-10(5-3-9)6-12-15-13(18)11-7-14-8-17(11)16-12/h3-6,8H,7H2,1-2H3,(H,16,17,19);2-5,7-8H,6H2,1H3,(H,15,16,18). The van der Waals surface area contributed by atoms with Crippen LogP contribution in [0.1, 0.15) is 39.7 Å². The summed E-state index contributed by atoms with van der Waals surface area (Å²) in [5.41, 5.74) is 5.28. The number of nitrogens with zero attached hydrogens (tertiary/aromatic N) is 6. The molecule has 0 aliphatic rings. The number of aromatic amines is 2. The summed E-state index contributed by atoms with van der Waals surface area (Å²) in [6, 6.07) is 16.3. The zero-order chi connectivity index (χ0) is 25.9. The Bertz CT molecular complexity index is 1790. The van der Waals surface area contributed by atoms with E-state index in [0.29, 0.717) is 41.3 Å². The van der Waals surface area contributed by atoms with E-state index in [0.717, 1.165) is 11.1 Å². The molecule has 0 spiro atoms. The van der Waals surface area contributed by atoms with E-state index in [9.17, 15) is 9.59 Å². The van der Waals surface area contributed by atoms with Gasteiger partial charge in [-0.05, 0) is 31.9 Å². The minimum Gasteiger partial charge on any atom is -0.307 e. The first-order chi connectivity index (χ1) is 17.9. The van der Waals surface area contributed by atoms with Gasteiger partial charge in [-0.25, -0.2) is 19.0 Å². The Morgan fingerprint density at radius 2 is 1.24 bits per heavy atom. The first-order valence-corrected chi connectivity index (χ1v) is 11.8. The third kappa shape index (κ3) is 5.37. The average Bonchev–Trinajstić information content (AvgIpc) is 3.50. The van der Waals surface area contributed by atoms with E-state index in [-0.39, 0.29) is 11.1 Å². The third-order valence-electron chi connectivity index (χ3n) is 5.94. The maximum atomic E-state index is 11.9. The number of hydrogen-bond donors (Lipinski definition) is 2. The maximum absolute atomic E-state index is 11.9. The van der Waals surface area contributed by atoms with Gasteiger partial charge in [0.25, 0.3) is 11.1 Å². The molecule has 4 heterocycles. The molecule has 6 aromatic rings. The first-order valence-electron chi connectivity index (χ1n) is 11.8. The predicted molar refractivity (Wildman–Crippen MR) is 140 cm³/mol. The molecule has 0 saturated heterocycles. The number of benzene rings is 2. The minimum absolute atomic E-state index is 0.155. The second kappa shape index (κ2) is 10.0. The molecule has 0 atom stereocenters. The number of aryl methyl sites for hydroxylation is 3. The summed E-state index contributed by atoms with van der Waals surface area (Å²) in [7, 11) is 0. The molecule has 0 saturated carbocycles. The van der Waals surface area contributed by atoms with Crippen molar-refractivity contribution >= 4 is 11.0 Å². The van der Waals surface area contributed by atoms with E-state index in [4.69, 9.17) is 0 Å². The number of hydrogen-bond acceptors (Lipinski definition) is 6. The van der Waals surface area contributed by atoms with Gasteiger partial charge in [0.2, 0.25) is 0 Å². The Labute approximate surface area is 211 Å². The van der Waals surface area contributed by atoms with Crippen LogP contribution in [0.15, 0.2) is 76.8 Å². The molecule has 2 N–H and O–H groups in total. The van der Waals surface area contributed by atoms with E-state index in [2.05, 4.69) is 42.3 Å². The predicted octanol–water partition coefficient (Wildman–Crippen LogP) is 2.94. The van der Waals surface area contributed by atoms with Crippen LogP contribution in [0.4, 0.5) is 0 Å². The van der Waals surface area contributed by atoms with Gasteiger partial charge in [0.05, 0.1) is 12.4 Å². The van der Waals surface area contributed by atoms with Crippen molar-refractivity contribution < 1.29 is 0 Å². The Kier molecular flexibility index (Phi) is 6.46. The van der Waals surface area contributed by atoms with E-state index < -0.39 is 0 Å². The van der Waals surface area contributed by atoms with Crippen molar-refractivity contribution in [2.45, 2.75) is 33.6 Å². The van der Waals surface area contributed by atoms with Gasteiger partial charge in [0, 0.05) is 12.8 Å². The highest BCUT2D eigenvalue weighted by Crippen LogP contribution is 2.08. The lowest BCUT2D eigenvalue weighted by Crippen LogP contribution is -2.16. The molecule has 0 aliphatic carbocycles. The summed E-state index contributed by atoms with van der Waals surface area (Å²) in [4.78, 5) is 37.2. The van der Waals surface area contributed by atoms with Crippen molar-refractivity contribution in [3.05, 3.63) is 128 Å². The van der Waals surface area contributed by atoms with Crippen LogP contribution in [-0.2, 0) is 12.8 Å². The third-order valence-corrected chi connectivity index (χ3v) is 5.94. The minimum atomic E-state index is -0.162. The smallest absolute Gasteiger partial charge is 0.276 e. The quantitative estimate of drug-likeness (QED) is 0.388. The first kappa shape index (κ1) is 23.9. The van der Waals surface area contributed by atoms with Crippen LogP contribution >= 0.6 is 0 Å². The van der Waals surface area contributed by atoms with Crippen LogP contribution in [0.3, 0.4) is 0 Å². The lowest BCUT2D eigenvalue weighted by atomic mass is 10.1. The maximum Gasteiger partial charge on any atom is 0.276 e. The number of fused-ring (bicyclic) bond motifs is 2. The molecule has 6 rings (SSSR count). The Morgan fingerprint density at radius 1 is 0.703 bits per heavy atom. The molecule has 0 unspecified atom stereocenters. The molecule has 0 bridgehead atoms. The van der Waals surface area contributed by atoms with Crippen molar-refractivity contribution in [1.29, 1.82) is 0 Å². The molecule has 0 amide bonds. The summed E-state index contributed by atoms with van der Waals surface area (Å²) in [6.45, 7) is 5.92. The van der Waals surface area contributed by atoms with Gasteiger partial charge < -0.3 is 9.97 Å². The van der Waals surface area contributed by atoms with Crippen LogP contribution in [-0.4, -0.2) is 39.2 Å². The molecule has 0 radical (unpaired) electrons. The molecule has 2 aromatic carbocycles. The van der Waals surface area contributed by atoms with E-state index in [1.807, 2.05) is 57.2 Å². The average molecular weight is 495 g/mol. The van der Waals surface area contributed by atoms with Crippen LogP contribution in [0.2, 0.25) is 0 Å². The van der Waals surface area contributed by atoms with Crippen molar-refractivity contribution in [2.75, 3.05) is 0 Å². The summed E-state index contributed by atoms with van der Waals surface area (Å²) in [5.74, 6) is 1.99. The number of nitrogens with one attached hydrogen (secondary N) is 2. The van der Waals surface area contributed by atoms with Gasteiger partial charge in [-0.15, -0.1) is 0 Å². The fourth-order valence-corrected chi connectivity index (χ4v) is 3.90. The van der Waals surface area contributed by atoms with Crippen molar-refractivity contribution in [1.82, 2.24) is 39.2 Å². The second-order valence-electron chi connectivity index (χ2n) is 8.95. The molecule has 10 nitrogen and oxygen atoms in total. The largest absolute Gasteiger partial charge is 0.307 e. The van der Waals surface area contributed by atoms with Gasteiger partial charge in [0.1, 0.15) is 29.3 Å². The molecule has 4 aromatic heterocycles. The van der Waals surface area contributed by atoms with Gasteiger partial charge in [0.15, 0.2) is 5.52 Å². The molecule has 0 aliphatic heterocycles. The van der Waals surface area contributed by atoms with E-state index in [1.54, 1.807) is 4.52 Å². The van der Waals surface area contributed by atoms with Crippen molar-refractivity contribution in [2.24, 2.45) is 0 Å². The molecular formula is C27H26N8O2. The SMILES string of the molecule is Cc1ccc(Cc2nn3c(C)ncc3c(=O)[nH]2)cc1.Cc1ccc(Cc2nn3cncc3c(=O)[nH]2)cc1. The van der Waals surface area contributed by atoms with Crippen LogP contribution in [0, 0.1) is 20.8 Å². The molecule has 186 valence electrons. The number of aromatic nitrogens is 8. The monoisotopic (exact) mass is 494 g/mol. The van der Waals surface area contributed by atoms with E-state index >= 15 is 0 Å². The fourth-order valence-electron chi connectivity index (χ4n) is 3.90. The topological polar surface area (TPSA) is 126 Å². The number of H-pyrrole nitrogens is 2. The molecular weight excluding hydrogens is 468 g/mol. The van der Waals surface area contributed by atoms with E-state index in [1.165, 1.54) is 34.4 Å². The Balaban J connectivity index is 0.000000152. The van der Waals surface area contributed by atoms with Gasteiger partial charge in [-0.2, -0.15) is 10.2 Å². The van der Waals surface area contributed by atoms with Crippen molar-refractivity contribution in [3.63, 3.8) is 0 Å². The lowest BCUT2D eigenvalue weighted by Gasteiger charge is -2.03. The Morgan fingerprint density at radius 3 is 1.84 bits per heavy atom. The summed E-state index contributed by atoms with van der Waals surface area (Å²) >= 11 is 0. The van der Waals surface area contributed by atoms with Crippen LogP contribution < -0.4 is 11.1 Å². The van der Waals surface area contributed by atoms with Gasteiger partial charge in [-0.3, -0.25) is 9.59 Å². The second-order valence-corrected chi connectivity index (χ2v) is 8.95. The number of rotatable bonds is 4. The molecule has 10 heteroatoms.